The molecule has 1 aromatic carbocycles. The predicted molar refractivity (Wildman–Crippen MR) is 87.3 cm³/mol. The summed E-state index contributed by atoms with van der Waals surface area (Å²) >= 11 is 0. The Morgan fingerprint density at radius 2 is 1.95 bits per heavy atom. The molecule has 1 N–H and O–H groups in total. The Morgan fingerprint density at radius 3 is 2.65 bits per heavy atom. The summed E-state index contributed by atoms with van der Waals surface area (Å²) in [6, 6.07) is 8.45. The van der Waals surface area contributed by atoms with E-state index in [1.165, 1.54) is 16.6 Å². The zero-order valence-corrected chi connectivity index (χ0v) is 13.2. The molecule has 0 spiro atoms. The number of hydrogen-bond acceptors (Lipinski definition) is 3. The van der Waals surface area contributed by atoms with E-state index in [-0.39, 0.29) is 5.41 Å². The SMILES string of the molecule is Cc1ccc2nccc(NCC(C)(C)CN(C)C)c2c1. The standard InChI is InChI=1S/C17H25N3/c1-13-6-7-15-14(10-13)16(8-9-18-15)19-11-17(2,3)12-20(4)5/h6-10H,11-12H2,1-5H3,(H,18,19). The topological polar surface area (TPSA) is 28.2 Å². The highest BCUT2D eigenvalue weighted by Crippen LogP contribution is 2.24. The van der Waals surface area contributed by atoms with Crippen LogP contribution in [0.15, 0.2) is 30.5 Å². The lowest BCUT2D eigenvalue weighted by atomic mass is 9.92. The van der Waals surface area contributed by atoms with Crippen molar-refractivity contribution < 1.29 is 0 Å². The van der Waals surface area contributed by atoms with Crippen LogP contribution in [0.2, 0.25) is 0 Å². The van der Waals surface area contributed by atoms with E-state index >= 15 is 0 Å². The molecule has 3 heteroatoms. The van der Waals surface area contributed by atoms with Gasteiger partial charge in [0.05, 0.1) is 5.52 Å². The van der Waals surface area contributed by atoms with Crippen molar-refractivity contribution in [3.8, 4) is 0 Å². The van der Waals surface area contributed by atoms with Gasteiger partial charge in [0.1, 0.15) is 0 Å². The second kappa shape index (κ2) is 5.80. The molecule has 3 nitrogen and oxygen atoms in total. The number of nitrogens with zero attached hydrogens (tertiary/aromatic N) is 2. The van der Waals surface area contributed by atoms with Crippen molar-refractivity contribution in [2.24, 2.45) is 5.41 Å². The first-order valence-electron chi connectivity index (χ1n) is 7.11. The summed E-state index contributed by atoms with van der Waals surface area (Å²) in [4.78, 5) is 6.66. The zero-order valence-electron chi connectivity index (χ0n) is 13.2. The van der Waals surface area contributed by atoms with E-state index in [1.807, 2.05) is 6.20 Å². The Labute approximate surface area is 122 Å². The van der Waals surface area contributed by atoms with Crippen LogP contribution < -0.4 is 5.32 Å². The van der Waals surface area contributed by atoms with Gasteiger partial charge in [0, 0.05) is 30.4 Å². The van der Waals surface area contributed by atoms with E-state index in [9.17, 15) is 0 Å². The van der Waals surface area contributed by atoms with Crippen LogP contribution in [0.4, 0.5) is 5.69 Å². The number of anilines is 1. The fourth-order valence-corrected chi connectivity index (χ4v) is 2.66. The number of aromatic nitrogens is 1. The number of fused-ring (bicyclic) bond motifs is 1. The van der Waals surface area contributed by atoms with Crippen molar-refractivity contribution >= 4 is 16.6 Å². The molecule has 0 radical (unpaired) electrons. The number of aryl methyl sites for hydroxylation is 1. The molecular weight excluding hydrogens is 246 g/mol. The van der Waals surface area contributed by atoms with Crippen molar-refractivity contribution in [3.05, 3.63) is 36.0 Å². The third-order valence-electron chi connectivity index (χ3n) is 3.40. The first-order valence-corrected chi connectivity index (χ1v) is 7.11. The molecule has 0 unspecified atom stereocenters. The molecule has 2 rings (SSSR count). The number of hydrogen-bond donors (Lipinski definition) is 1. The highest BCUT2D eigenvalue weighted by Gasteiger charge is 2.18. The normalized spacial score (nSPS) is 12.1. The lowest BCUT2D eigenvalue weighted by Crippen LogP contribution is -2.34. The summed E-state index contributed by atoms with van der Waals surface area (Å²) in [5, 5.41) is 4.80. The second-order valence-corrected chi connectivity index (χ2v) is 6.63. The first kappa shape index (κ1) is 14.8. The highest BCUT2D eigenvalue weighted by atomic mass is 15.1. The minimum atomic E-state index is 0.225. The predicted octanol–water partition coefficient (Wildman–Crippen LogP) is 3.54. The fraction of sp³-hybridized carbons (Fsp3) is 0.471. The van der Waals surface area contributed by atoms with Crippen LogP contribution >= 0.6 is 0 Å². The van der Waals surface area contributed by atoms with Gasteiger partial charge in [-0.2, -0.15) is 0 Å². The summed E-state index contributed by atoms with van der Waals surface area (Å²) in [5.74, 6) is 0. The summed E-state index contributed by atoms with van der Waals surface area (Å²) in [6.45, 7) is 8.69. The number of nitrogens with one attached hydrogen (secondary N) is 1. The summed E-state index contributed by atoms with van der Waals surface area (Å²) in [5.41, 5.74) is 3.71. The van der Waals surface area contributed by atoms with Gasteiger partial charge in [-0.15, -0.1) is 0 Å². The molecule has 0 fully saturated rings. The van der Waals surface area contributed by atoms with E-state index in [2.05, 4.69) is 74.3 Å². The smallest absolute Gasteiger partial charge is 0.0722 e. The molecule has 0 aliphatic rings. The van der Waals surface area contributed by atoms with Gasteiger partial charge in [0.15, 0.2) is 0 Å². The molecule has 0 bridgehead atoms. The van der Waals surface area contributed by atoms with Crippen LogP contribution in [0.1, 0.15) is 19.4 Å². The largest absolute Gasteiger partial charge is 0.384 e. The Hall–Kier alpha value is -1.61. The van der Waals surface area contributed by atoms with Gasteiger partial charge in [-0.3, -0.25) is 4.98 Å². The van der Waals surface area contributed by atoms with E-state index in [1.54, 1.807) is 0 Å². The van der Waals surface area contributed by atoms with Gasteiger partial charge in [0.25, 0.3) is 0 Å². The highest BCUT2D eigenvalue weighted by molar-refractivity contribution is 5.91. The maximum atomic E-state index is 4.43. The molecule has 20 heavy (non-hydrogen) atoms. The van der Waals surface area contributed by atoms with Gasteiger partial charge >= 0.3 is 0 Å². The van der Waals surface area contributed by atoms with Gasteiger partial charge in [-0.1, -0.05) is 25.5 Å². The minimum absolute atomic E-state index is 0.225. The average Bonchev–Trinajstić information content (AvgIpc) is 2.35. The molecule has 0 atom stereocenters. The van der Waals surface area contributed by atoms with Crippen LogP contribution in [0.3, 0.4) is 0 Å². The van der Waals surface area contributed by atoms with Crippen LogP contribution in [-0.4, -0.2) is 37.1 Å². The summed E-state index contributed by atoms with van der Waals surface area (Å²) in [6.07, 6.45) is 1.87. The van der Waals surface area contributed by atoms with Crippen molar-refractivity contribution in [3.63, 3.8) is 0 Å². The third-order valence-corrected chi connectivity index (χ3v) is 3.40. The summed E-state index contributed by atoms with van der Waals surface area (Å²) < 4.78 is 0. The van der Waals surface area contributed by atoms with Crippen LogP contribution in [0, 0.1) is 12.3 Å². The molecular formula is C17H25N3. The fourth-order valence-electron chi connectivity index (χ4n) is 2.66. The number of pyridine rings is 1. The Morgan fingerprint density at radius 1 is 1.20 bits per heavy atom. The van der Waals surface area contributed by atoms with Crippen molar-refractivity contribution in [1.29, 1.82) is 0 Å². The third kappa shape index (κ3) is 3.70. The molecule has 0 aliphatic heterocycles. The molecule has 108 valence electrons. The molecule has 0 saturated heterocycles. The molecule has 2 aromatic rings. The van der Waals surface area contributed by atoms with Crippen molar-refractivity contribution in [2.45, 2.75) is 20.8 Å². The van der Waals surface area contributed by atoms with Gasteiger partial charge in [-0.25, -0.2) is 0 Å². The minimum Gasteiger partial charge on any atom is -0.384 e. The zero-order chi connectivity index (χ0) is 14.8. The van der Waals surface area contributed by atoms with Crippen LogP contribution in [0.5, 0.6) is 0 Å². The number of rotatable bonds is 5. The monoisotopic (exact) mass is 271 g/mol. The maximum Gasteiger partial charge on any atom is 0.0722 e. The Kier molecular flexibility index (Phi) is 4.29. The van der Waals surface area contributed by atoms with Crippen molar-refractivity contribution in [2.75, 3.05) is 32.5 Å². The summed E-state index contributed by atoms with van der Waals surface area (Å²) in [7, 11) is 4.24. The van der Waals surface area contributed by atoms with E-state index in [4.69, 9.17) is 0 Å². The van der Waals surface area contributed by atoms with Gasteiger partial charge < -0.3 is 10.2 Å². The average molecular weight is 271 g/mol. The van der Waals surface area contributed by atoms with Crippen LogP contribution in [-0.2, 0) is 0 Å². The molecule has 0 aliphatic carbocycles. The molecule has 1 heterocycles. The first-order chi connectivity index (χ1) is 9.37. The lowest BCUT2D eigenvalue weighted by molar-refractivity contribution is 0.254. The van der Waals surface area contributed by atoms with Crippen molar-refractivity contribution in [1.82, 2.24) is 9.88 Å². The van der Waals surface area contributed by atoms with Gasteiger partial charge in [0.2, 0.25) is 0 Å². The maximum absolute atomic E-state index is 4.43. The molecule has 1 aromatic heterocycles. The quantitative estimate of drug-likeness (QED) is 0.901. The Bertz CT molecular complexity index is 588. The van der Waals surface area contributed by atoms with E-state index in [0.29, 0.717) is 0 Å². The van der Waals surface area contributed by atoms with Gasteiger partial charge in [-0.05, 0) is 44.6 Å². The molecule has 0 amide bonds. The second-order valence-electron chi connectivity index (χ2n) is 6.63. The van der Waals surface area contributed by atoms with E-state index < -0.39 is 0 Å². The van der Waals surface area contributed by atoms with E-state index in [0.717, 1.165) is 18.6 Å². The lowest BCUT2D eigenvalue weighted by Gasteiger charge is -2.29. The Balaban J connectivity index is 2.20. The number of benzene rings is 1. The van der Waals surface area contributed by atoms with Crippen LogP contribution in [0.25, 0.3) is 10.9 Å². The molecule has 0 saturated carbocycles.